The summed E-state index contributed by atoms with van der Waals surface area (Å²) in [6, 6.07) is 7.60. The molecule has 0 radical (unpaired) electrons. The number of methoxy groups -OCH3 is 1. The highest BCUT2D eigenvalue weighted by atomic mass is 79.9. The number of ether oxygens (including phenoxy) is 1. The minimum atomic E-state index is -1.09. The maximum absolute atomic E-state index is 12.2. The molecule has 0 saturated carbocycles. The Labute approximate surface area is 128 Å². The number of halogens is 1. The molecule has 1 aromatic heterocycles. The lowest BCUT2D eigenvalue weighted by atomic mass is 10.2. The van der Waals surface area contributed by atoms with E-state index in [1.165, 1.54) is 25.4 Å². The Morgan fingerprint density at radius 2 is 2.05 bits per heavy atom. The Morgan fingerprint density at radius 1 is 1.29 bits per heavy atom. The molecule has 0 unspecified atom stereocenters. The first-order chi connectivity index (χ1) is 10.0. The third-order valence-corrected chi connectivity index (χ3v) is 3.36. The van der Waals surface area contributed by atoms with Gasteiger partial charge >= 0.3 is 5.97 Å². The number of pyridine rings is 1. The largest absolute Gasteiger partial charge is 0.497 e. The van der Waals surface area contributed by atoms with E-state index < -0.39 is 11.9 Å². The number of benzene rings is 1. The smallest absolute Gasteiger partial charge is 0.335 e. The Bertz CT molecular complexity index is 703. The standard InChI is InChI=1S/C14H11BrN2O4/c1-21-9-2-3-11(15)10(7-9)13(18)17-12-6-8(14(19)20)4-5-16-12/h2-7H,1H3,(H,19,20)(H,16,17,18). The Hall–Kier alpha value is -2.41. The molecule has 0 atom stereocenters. The van der Waals surface area contributed by atoms with Crippen molar-refractivity contribution in [2.45, 2.75) is 0 Å². The highest BCUT2D eigenvalue weighted by Crippen LogP contribution is 2.23. The third-order valence-electron chi connectivity index (χ3n) is 2.67. The number of amides is 1. The normalized spacial score (nSPS) is 10.0. The van der Waals surface area contributed by atoms with Crippen LogP contribution in [0.15, 0.2) is 41.0 Å². The van der Waals surface area contributed by atoms with Gasteiger partial charge in [0.1, 0.15) is 11.6 Å². The summed E-state index contributed by atoms with van der Waals surface area (Å²) in [6.45, 7) is 0. The van der Waals surface area contributed by atoms with E-state index in [9.17, 15) is 9.59 Å². The molecule has 7 heteroatoms. The highest BCUT2D eigenvalue weighted by Gasteiger charge is 2.13. The zero-order valence-electron chi connectivity index (χ0n) is 11.0. The van der Waals surface area contributed by atoms with E-state index in [1.54, 1.807) is 18.2 Å². The average molecular weight is 351 g/mol. The molecule has 2 N–H and O–H groups in total. The summed E-state index contributed by atoms with van der Waals surface area (Å²) in [6.07, 6.45) is 1.32. The summed E-state index contributed by atoms with van der Waals surface area (Å²) >= 11 is 3.28. The quantitative estimate of drug-likeness (QED) is 0.884. The number of aromatic nitrogens is 1. The monoisotopic (exact) mass is 350 g/mol. The molecule has 21 heavy (non-hydrogen) atoms. The van der Waals surface area contributed by atoms with Crippen molar-refractivity contribution in [2.75, 3.05) is 12.4 Å². The fraction of sp³-hybridized carbons (Fsp3) is 0.0714. The molecule has 0 fully saturated rings. The van der Waals surface area contributed by atoms with Crippen LogP contribution >= 0.6 is 15.9 Å². The zero-order chi connectivity index (χ0) is 15.4. The van der Waals surface area contributed by atoms with Gasteiger partial charge < -0.3 is 15.2 Å². The second-order valence-electron chi connectivity index (χ2n) is 4.03. The first kappa shape index (κ1) is 15.0. The Morgan fingerprint density at radius 3 is 2.71 bits per heavy atom. The van der Waals surface area contributed by atoms with E-state index in [4.69, 9.17) is 9.84 Å². The molecule has 0 bridgehead atoms. The van der Waals surface area contributed by atoms with E-state index in [0.29, 0.717) is 15.8 Å². The van der Waals surface area contributed by atoms with Crippen LogP contribution in [-0.4, -0.2) is 29.1 Å². The van der Waals surface area contributed by atoms with E-state index in [0.717, 1.165) is 0 Å². The highest BCUT2D eigenvalue weighted by molar-refractivity contribution is 9.10. The molecule has 0 aliphatic carbocycles. The number of nitrogens with one attached hydrogen (secondary N) is 1. The van der Waals surface area contributed by atoms with Crippen LogP contribution in [0.3, 0.4) is 0 Å². The minimum Gasteiger partial charge on any atom is -0.497 e. The molecule has 1 amide bonds. The Balaban J connectivity index is 2.25. The second-order valence-corrected chi connectivity index (χ2v) is 4.89. The van der Waals surface area contributed by atoms with Crippen molar-refractivity contribution < 1.29 is 19.4 Å². The second kappa shape index (κ2) is 6.36. The molecule has 0 saturated heterocycles. The molecular formula is C14H11BrN2O4. The topological polar surface area (TPSA) is 88.5 Å². The zero-order valence-corrected chi connectivity index (χ0v) is 12.5. The molecule has 0 aliphatic rings. The number of carboxylic acids is 1. The summed E-state index contributed by atoms with van der Waals surface area (Å²) in [5.41, 5.74) is 0.405. The van der Waals surface area contributed by atoms with Gasteiger partial charge in [0, 0.05) is 10.7 Å². The predicted molar refractivity (Wildman–Crippen MR) is 79.8 cm³/mol. The number of rotatable bonds is 4. The van der Waals surface area contributed by atoms with Crippen LogP contribution in [0, 0.1) is 0 Å². The van der Waals surface area contributed by atoms with Crippen LogP contribution in [0.1, 0.15) is 20.7 Å². The van der Waals surface area contributed by atoms with E-state index >= 15 is 0 Å². The first-order valence-corrected chi connectivity index (χ1v) is 6.65. The van der Waals surface area contributed by atoms with E-state index in [2.05, 4.69) is 26.2 Å². The molecule has 1 aromatic carbocycles. The van der Waals surface area contributed by atoms with E-state index in [1.807, 2.05) is 0 Å². The van der Waals surface area contributed by atoms with Crippen molar-refractivity contribution in [1.82, 2.24) is 4.98 Å². The van der Waals surface area contributed by atoms with Gasteiger partial charge in [-0.2, -0.15) is 0 Å². The number of nitrogens with zero attached hydrogens (tertiary/aromatic N) is 1. The van der Waals surface area contributed by atoms with Crippen LogP contribution in [-0.2, 0) is 0 Å². The van der Waals surface area contributed by atoms with Gasteiger partial charge in [0.05, 0.1) is 18.2 Å². The van der Waals surface area contributed by atoms with Gasteiger partial charge in [0.25, 0.3) is 5.91 Å². The maximum Gasteiger partial charge on any atom is 0.335 e. The Kier molecular flexibility index (Phi) is 4.54. The molecule has 2 aromatic rings. The maximum atomic E-state index is 12.2. The van der Waals surface area contributed by atoms with Gasteiger partial charge in [-0.25, -0.2) is 9.78 Å². The van der Waals surface area contributed by atoms with Crippen LogP contribution in [0.5, 0.6) is 5.75 Å². The molecule has 108 valence electrons. The van der Waals surface area contributed by atoms with Crippen LogP contribution in [0.2, 0.25) is 0 Å². The summed E-state index contributed by atoms with van der Waals surface area (Å²) in [5, 5.41) is 11.5. The predicted octanol–water partition coefficient (Wildman–Crippen LogP) is 2.80. The van der Waals surface area contributed by atoms with Gasteiger partial charge in [0.15, 0.2) is 0 Å². The number of carbonyl (C=O) groups is 2. The van der Waals surface area contributed by atoms with Crippen molar-refractivity contribution >= 4 is 33.6 Å². The van der Waals surface area contributed by atoms with Crippen molar-refractivity contribution in [2.24, 2.45) is 0 Å². The van der Waals surface area contributed by atoms with E-state index in [-0.39, 0.29) is 11.4 Å². The fourth-order valence-electron chi connectivity index (χ4n) is 1.62. The number of carbonyl (C=O) groups excluding carboxylic acids is 1. The number of aromatic carboxylic acids is 1. The van der Waals surface area contributed by atoms with Gasteiger partial charge in [-0.3, -0.25) is 4.79 Å². The fourth-order valence-corrected chi connectivity index (χ4v) is 2.05. The minimum absolute atomic E-state index is 0.0463. The molecule has 1 heterocycles. The number of carboxylic acid groups (broad SMARTS) is 1. The van der Waals surface area contributed by atoms with Gasteiger partial charge in [-0.05, 0) is 46.3 Å². The van der Waals surface area contributed by atoms with Crippen LogP contribution in [0.25, 0.3) is 0 Å². The van der Waals surface area contributed by atoms with Gasteiger partial charge in [-0.1, -0.05) is 0 Å². The summed E-state index contributed by atoms with van der Waals surface area (Å²) in [5.74, 6) is -0.809. The lowest BCUT2D eigenvalue weighted by Gasteiger charge is -2.08. The third kappa shape index (κ3) is 3.57. The summed E-state index contributed by atoms with van der Waals surface area (Å²) < 4.78 is 5.66. The van der Waals surface area contributed by atoms with Gasteiger partial charge in [-0.15, -0.1) is 0 Å². The van der Waals surface area contributed by atoms with Crippen LogP contribution in [0.4, 0.5) is 5.82 Å². The number of hydrogen-bond acceptors (Lipinski definition) is 4. The average Bonchev–Trinajstić information content (AvgIpc) is 2.48. The lowest BCUT2D eigenvalue weighted by molar-refractivity contribution is 0.0696. The summed E-state index contributed by atoms with van der Waals surface area (Å²) in [4.78, 5) is 27.0. The lowest BCUT2D eigenvalue weighted by Crippen LogP contribution is -2.14. The van der Waals surface area contributed by atoms with Crippen molar-refractivity contribution in [3.05, 3.63) is 52.1 Å². The SMILES string of the molecule is COc1ccc(Br)c(C(=O)Nc2cc(C(=O)O)ccn2)c1. The number of anilines is 1. The molecule has 2 rings (SSSR count). The molecule has 0 spiro atoms. The molecule has 6 nitrogen and oxygen atoms in total. The molecular weight excluding hydrogens is 340 g/mol. The van der Waals surface area contributed by atoms with Gasteiger partial charge in [0.2, 0.25) is 0 Å². The van der Waals surface area contributed by atoms with Crippen molar-refractivity contribution in [3.63, 3.8) is 0 Å². The number of hydrogen-bond donors (Lipinski definition) is 2. The first-order valence-electron chi connectivity index (χ1n) is 5.85. The molecule has 0 aliphatic heterocycles. The van der Waals surface area contributed by atoms with Crippen LogP contribution < -0.4 is 10.1 Å². The van der Waals surface area contributed by atoms with Crippen molar-refractivity contribution in [1.29, 1.82) is 0 Å². The van der Waals surface area contributed by atoms with Crippen molar-refractivity contribution in [3.8, 4) is 5.75 Å². The summed E-state index contributed by atoms with van der Waals surface area (Å²) in [7, 11) is 1.50.